The zero-order chi connectivity index (χ0) is 20.2. The summed E-state index contributed by atoms with van der Waals surface area (Å²) in [5.74, 6) is 0.568. The van der Waals surface area contributed by atoms with Gasteiger partial charge in [0.1, 0.15) is 11.6 Å². The van der Waals surface area contributed by atoms with Crippen LogP contribution in [0.5, 0.6) is 5.75 Å². The molecular formula is C24H22ClFN2O. The van der Waals surface area contributed by atoms with Gasteiger partial charge in [-0.15, -0.1) is 0 Å². The Kier molecular flexibility index (Phi) is 5.84. The van der Waals surface area contributed by atoms with Crippen LogP contribution in [-0.4, -0.2) is 11.7 Å². The molecule has 3 nitrogen and oxygen atoms in total. The molecule has 1 N–H and O–H groups in total. The second kappa shape index (κ2) is 8.68. The van der Waals surface area contributed by atoms with Gasteiger partial charge in [-0.3, -0.25) is 0 Å². The van der Waals surface area contributed by atoms with E-state index < -0.39 is 0 Å². The van der Waals surface area contributed by atoms with Crippen LogP contribution in [0.4, 0.5) is 4.39 Å². The van der Waals surface area contributed by atoms with Crippen molar-refractivity contribution in [3.05, 3.63) is 100 Å². The quantitative estimate of drug-likeness (QED) is 0.419. The number of para-hydroxylation sites is 1. The van der Waals surface area contributed by atoms with E-state index in [0.29, 0.717) is 23.7 Å². The molecule has 29 heavy (non-hydrogen) atoms. The summed E-state index contributed by atoms with van der Waals surface area (Å²) >= 11 is 6.24. The van der Waals surface area contributed by atoms with Gasteiger partial charge in [-0.25, -0.2) is 4.39 Å². The number of nitrogens with zero attached hydrogens (tertiary/aromatic N) is 1. The Morgan fingerprint density at radius 2 is 1.76 bits per heavy atom. The monoisotopic (exact) mass is 408 g/mol. The molecule has 4 aromatic rings. The topological polar surface area (TPSA) is 26.2 Å². The molecule has 0 aliphatic carbocycles. The Bertz CT molecular complexity index is 1100. The lowest BCUT2D eigenvalue weighted by molar-refractivity contribution is 0.414. The predicted octanol–water partition coefficient (Wildman–Crippen LogP) is 5.78. The minimum absolute atomic E-state index is 0.283. The summed E-state index contributed by atoms with van der Waals surface area (Å²) in [6, 6.07) is 21.0. The fourth-order valence-electron chi connectivity index (χ4n) is 3.53. The van der Waals surface area contributed by atoms with E-state index in [4.69, 9.17) is 16.3 Å². The van der Waals surface area contributed by atoms with Gasteiger partial charge in [0.05, 0.1) is 13.7 Å². The van der Waals surface area contributed by atoms with Crippen molar-refractivity contribution >= 4 is 22.5 Å². The van der Waals surface area contributed by atoms with Crippen LogP contribution in [0.2, 0.25) is 5.02 Å². The minimum atomic E-state index is -0.283. The highest BCUT2D eigenvalue weighted by Gasteiger charge is 2.12. The van der Waals surface area contributed by atoms with Crippen molar-refractivity contribution in [2.45, 2.75) is 19.6 Å². The van der Waals surface area contributed by atoms with Crippen LogP contribution in [0.3, 0.4) is 0 Å². The first-order valence-corrected chi connectivity index (χ1v) is 9.87. The van der Waals surface area contributed by atoms with E-state index in [-0.39, 0.29) is 5.82 Å². The molecule has 0 saturated carbocycles. The highest BCUT2D eigenvalue weighted by Crippen LogP contribution is 2.26. The lowest BCUT2D eigenvalue weighted by atomic mass is 10.1. The number of rotatable bonds is 7. The van der Waals surface area contributed by atoms with Gasteiger partial charge in [0.25, 0.3) is 0 Å². The highest BCUT2D eigenvalue weighted by molar-refractivity contribution is 6.31. The average Bonchev–Trinajstić information content (AvgIpc) is 3.09. The van der Waals surface area contributed by atoms with Crippen LogP contribution in [0, 0.1) is 5.82 Å². The van der Waals surface area contributed by atoms with Gasteiger partial charge in [-0.2, -0.15) is 0 Å². The SMILES string of the molecule is COc1ccc(CNCc2cn(Cc3c(F)cccc3Cl)c3ccccc23)cc1. The second-order valence-electron chi connectivity index (χ2n) is 6.95. The Morgan fingerprint density at radius 3 is 2.52 bits per heavy atom. The van der Waals surface area contributed by atoms with Crippen LogP contribution in [0.15, 0.2) is 72.9 Å². The molecule has 0 fully saturated rings. The number of nitrogens with one attached hydrogen (secondary N) is 1. The summed E-state index contributed by atoms with van der Waals surface area (Å²) in [5.41, 5.74) is 3.93. The van der Waals surface area contributed by atoms with Crippen molar-refractivity contribution in [3.8, 4) is 5.75 Å². The van der Waals surface area contributed by atoms with Gasteiger partial charge in [-0.1, -0.05) is 48.0 Å². The summed E-state index contributed by atoms with van der Waals surface area (Å²) in [5, 5.41) is 5.09. The Labute approximate surface area is 174 Å². The summed E-state index contributed by atoms with van der Waals surface area (Å²) in [7, 11) is 1.66. The predicted molar refractivity (Wildman–Crippen MR) is 116 cm³/mol. The molecule has 0 unspecified atom stereocenters. The van der Waals surface area contributed by atoms with E-state index in [2.05, 4.69) is 40.3 Å². The number of ether oxygens (including phenoxy) is 1. The molecule has 0 radical (unpaired) electrons. The van der Waals surface area contributed by atoms with E-state index in [9.17, 15) is 4.39 Å². The maximum atomic E-state index is 14.3. The summed E-state index contributed by atoms with van der Waals surface area (Å²) in [6.07, 6.45) is 2.08. The third-order valence-corrected chi connectivity index (χ3v) is 5.42. The number of methoxy groups -OCH3 is 1. The second-order valence-corrected chi connectivity index (χ2v) is 7.36. The van der Waals surface area contributed by atoms with Crippen LogP contribution in [0.1, 0.15) is 16.7 Å². The van der Waals surface area contributed by atoms with Crippen molar-refractivity contribution < 1.29 is 9.13 Å². The smallest absolute Gasteiger partial charge is 0.129 e. The van der Waals surface area contributed by atoms with Crippen molar-refractivity contribution in [1.29, 1.82) is 0 Å². The number of benzene rings is 3. The molecule has 0 aliphatic heterocycles. The maximum Gasteiger partial charge on any atom is 0.129 e. The largest absolute Gasteiger partial charge is 0.497 e. The van der Waals surface area contributed by atoms with E-state index >= 15 is 0 Å². The summed E-state index contributed by atoms with van der Waals surface area (Å²) < 4.78 is 21.5. The first-order chi connectivity index (χ1) is 14.2. The van der Waals surface area contributed by atoms with Crippen molar-refractivity contribution in [1.82, 2.24) is 9.88 Å². The Balaban J connectivity index is 1.54. The molecule has 148 valence electrons. The molecular weight excluding hydrogens is 387 g/mol. The molecule has 0 amide bonds. The highest BCUT2D eigenvalue weighted by atomic mass is 35.5. The Morgan fingerprint density at radius 1 is 0.966 bits per heavy atom. The first kappa shape index (κ1) is 19.5. The minimum Gasteiger partial charge on any atom is -0.497 e. The zero-order valence-corrected chi connectivity index (χ0v) is 16.9. The van der Waals surface area contributed by atoms with Crippen LogP contribution in [0.25, 0.3) is 10.9 Å². The van der Waals surface area contributed by atoms with E-state index in [1.807, 2.05) is 24.3 Å². The fraction of sp³-hybridized carbons (Fsp3) is 0.167. The molecule has 0 aliphatic rings. The van der Waals surface area contributed by atoms with E-state index in [1.54, 1.807) is 19.2 Å². The molecule has 5 heteroatoms. The molecule has 0 saturated heterocycles. The molecule has 0 bridgehead atoms. The lowest BCUT2D eigenvalue weighted by Crippen LogP contribution is -2.12. The van der Waals surface area contributed by atoms with Crippen LogP contribution in [-0.2, 0) is 19.6 Å². The van der Waals surface area contributed by atoms with Crippen LogP contribution < -0.4 is 10.1 Å². The number of halogens is 2. The normalized spacial score (nSPS) is 11.1. The molecule has 0 atom stereocenters. The van der Waals surface area contributed by atoms with Crippen molar-refractivity contribution in [2.24, 2.45) is 0 Å². The van der Waals surface area contributed by atoms with E-state index in [0.717, 1.165) is 23.2 Å². The van der Waals surface area contributed by atoms with Gasteiger partial charge >= 0.3 is 0 Å². The number of hydrogen-bond acceptors (Lipinski definition) is 2. The molecule has 0 spiro atoms. The molecule has 3 aromatic carbocycles. The standard InChI is InChI=1S/C24H22ClFN2O/c1-29-19-11-9-17(10-12-19)13-27-14-18-15-28(24-8-3-2-5-20(18)24)16-21-22(25)6-4-7-23(21)26/h2-12,15,27H,13-14,16H2,1H3. The summed E-state index contributed by atoms with van der Waals surface area (Å²) in [4.78, 5) is 0. The number of aromatic nitrogens is 1. The molecule has 4 rings (SSSR count). The molecule has 1 heterocycles. The van der Waals surface area contributed by atoms with Crippen molar-refractivity contribution in [2.75, 3.05) is 7.11 Å². The Hall–Kier alpha value is -2.82. The van der Waals surface area contributed by atoms with Gasteiger partial charge in [0.2, 0.25) is 0 Å². The van der Waals surface area contributed by atoms with Crippen molar-refractivity contribution in [3.63, 3.8) is 0 Å². The van der Waals surface area contributed by atoms with Gasteiger partial charge in [-0.05, 0) is 41.5 Å². The third kappa shape index (κ3) is 4.29. The third-order valence-electron chi connectivity index (χ3n) is 5.06. The van der Waals surface area contributed by atoms with Gasteiger partial charge in [0.15, 0.2) is 0 Å². The zero-order valence-electron chi connectivity index (χ0n) is 16.2. The van der Waals surface area contributed by atoms with Gasteiger partial charge < -0.3 is 14.6 Å². The number of hydrogen-bond donors (Lipinski definition) is 1. The van der Waals surface area contributed by atoms with Gasteiger partial charge in [0, 0.05) is 40.8 Å². The summed E-state index contributed by atoms with van der Waals surface area (Å²) in [6.45, 7) is 1.86. The average molecular weight is 409 g/mol. The molecule has 1 aromatic heterocycles. The maximum absolute atomic E-state index is 14.3. The van der Waals surface area contributed by atoms with Crippen LogP contribution >= 0.6 is 11.6 Å². The fourth-order valence-corrected chi connectivity index (χ4v) is 3.76. The van der Waals surface area contributed by atoms with E-state index in [1.165, 1.54) is 17.2 Å². The lowest BCUT2D eigenvalue weighted by Gasteiger charge is -2.08. The first-order valence-electron chi connectivity index (χ1n) is 9.49. The number of fused-ring (bicyclic) bond motifs is 1.